The zero-order valence-corrected chi connectivity index (χ0v) is 14.0. The van der Waals surface area contributed by atoms with E-state index in [4.69, 9.17) is 0 Å². The van der Waals surface area contributed by atoms with Gasteiger partial charge in [0.25, 0.3) is 0 Å². The Morgan fingerprint density at radius 3 is 1.68 bits per heavy atom. The SMILES string of the molecule is [CH2]c1cc(SCCCCC)cc(SCCCCC)c1. The lowest BCUT2D eigenvalue weighted by Crippen LogP contribution is -1.85. The van der Waals surface area contributed by atoms with Crippen molar-refractivity contribution >= 4 is 23.5 Å². The first-order valence-corrected chi connectivity index (χ1v) is 9.46. The molecule has 0 aliphatic heterocycles. The highest BCUT2D eigenvalue weighted by atomic mass is 32.2. The number of hydrogen-bond acceptors (Lipinski definition) is 2. The number of hydrogen-bond donors (Lipinski definition) is 0. The van der Waals surface area contributed by atoms with Gasteiger partial charge in [-0.1, -0.05) is 39.5 Å². The summed E-state index contributed by atoms with van der Waals surface area (Å²) >= 11 is 3.96. The summed E-state index contributed by atoms with van der Waals surface area (Å²) in [4.78, 5) is 2.78. The van der Waals surface area contributed by atoms with E-state index in [9.17, 15) is 0 Å². The molecule has 0 fully saturated rings. The van der Waals surface area contributed by atoms with E-state index in [1.165, 1.54) is 59.8 Å². The van der Waals surface area contributed by atoms with E-state index in [1.807, 2.05) is 23.5 Å². The highest BCUT2D eigenvalue weighted by molar-refractivity contribution is 8.00. The molecule has 0 aliphatic carbocycles. The standard InChI is InChI=1S/C17H27S2/c1-4-6-8-10-18-16-12-15(3)13-17(14-16)19-11-9-7-5-2/h12-14H,3-11H2,1-2H3. The van der Waals surface area contributed by atoms with Gasteiger partial charge in [-0.05, 0) is 55.0 Å². The molecule has 0 saturated heterocycles. The Bertz CT molecular complexity index is 317. The van der Waals surface area contributed by atoms with Gasteiger partial charge in [0.05, 0.1) is 0 Å². The average Bonchev–Trinajstić information content (AvgIpc) is 2.39. The topological polar surface area (TPSA) is 0 Å². The van der Waals surface area contributed by atoms with Crippen molar-refractivity contribution in [3.63, 3.8) is 0 Å². The van der Waals surface area contributed by atoms with E-state index in [0.29, 0.717) is 0 Å². The molecule has 0 aromatic heterocycles. The number of rotatable bonds is 10. The van der Waals surface area contributed by atoms with Crippen LogP contribution in [0.1, 0.15) is 57.9 Å². The van der Waals surface area contributed by atoms with Gasteiger partial charge < -0.3 is 0 Å². The molecule has 0 amide bonds. The third-order valence-electron chi connectivity index (χ3n) is 2.97. The minimum atomic E-state index is 1.15. The van der Waals surface area contributed by atoms with E-state index in [1.54, 1.807) is 0 Å². The van der Waals surface area contributed by atoms with Gasteiger partial charge in [0.1, 0.15) is 0 Å². The molecule has 0 aliphatic rings. The van der Waals surface area contributed by atoms with Gasteiger partial charge >= 0.3 is 0 Å². The van der Waals surface area contributed by atoms with Crippen molar-refractivity contribution in [1.82, 2.24) is 0 Å². The molecule has 0 atom stereocenters. The maximum atomic E-state index is 4.10. The first kappa shape index (κ1) is 17.0. The molecule has 0 heterocycles. The van der Waals surface area contributed by atoms with E-state index in [2.05, 4.69) is 39.0 Å². The molecule has 1 radical (unpaired) electrons. The molecule has 1 aromatic carbocycles. The molecule has 0 saturated carbocycles. The highest BCUT2D eigenvalue weighted by Gasteiger charge is 2.01. The van der Waals surface area contributed by atoms with Crippen LogP contribution in [0, 0.1) is 6.92 Å². The van der Waals surface area contributed by atoms with E-state index in [-0.39, 0.29) is 0 Å². The van der Waals surface area contributed by atoms with Crippen molar-refractivity contribution in [3.8, 4) is 0 Å². The smallest absolute Gasteiger partial charge is 0.00858 e. The molecule has 1 rings (SSSR count). The van der Waals surface area contributed by atoms with Crippen LogP contribution in [0.2, 0.25) is 0 Å². The fourth-order valence-electron chi connectivity index (χ4n) is 1.88. The molecule has 0 spiro atoms. The van der Waals surface area contributed by atoms with E-state index in [0.717, 1.165) is 5.56 Å². The second-order valence-electron chi connectivity index (χ2n) is 4.92. The minimum Gasteiger partial charge on any atom is -0.126 e. The van der Waals surface area contributed by atoms with Crippen LogP contribution in [-0.4, -0.2) is 11.5 Å². The van der Waals surface area contributed by atoms with Gasteiger partial charge in [-0.3, -0.25) is 0 Å². The van der Waals surface area contributed by atoms with Crippen LogP contribution in [0.25, 0.3) is 0 Å². The molecule has 1 aromatic rings. The first-order chi connectivity index (χ1) is 9.26. The summed E-state index contributed by atoms with van der Waals surface area (Å²) in [5, 5.41) is 0. The molecule has 19 heavy (non-hydrogen) atoms. The number of unbranched alkanes of at least 4 members (excludes halogenated alkanes) is 4. The Hall–Kier alpha value is -0.0800. The van der Waals surface area contributed by atoms with Crippen LogP contribution in [-0.2, 0) is 0 Å². The quantitative estimate of drug-likeness (QED) is 0.360. The van der Waals surface area contributed by atoms with Crippen LogP contribution in [0.15, 0.2) is 28.0 Å². The second kappa shape index (κ2) is 10.7. The number of benzene rings is 1. The first-order valence-electron chi connectivity index (χ1n) is 7.49. The van der Waals surface area contributed by atoms with Gasteiger partial charge in [-0.25, -0.2) is 0 Å². The lowest BCUT2D eigenvalue weighted by molar-refractivity contribution is 0.778. The summed E-state index contributed by atoms with van der Waals surface area (Å²) < 4.78 is 0. The van der Waals surface area contributed by atoms with Crippen molar-refractivity contribution in [2.24, 2.45) is 0 Å². The van der Waals surface area contributed by atoms with Crippen LogP contribution in [0.4, 0.5) is 0 Å². The van der Waals surface area contributed by atoms with Gasteiger partial charge in [0.15, 0.2) is 0 Å². The Balaban J connectivity index is 2.41. The van der Waals surface area contributed by atoms with Crippen LogP contribution >= 0.6 is 23.5 Å². The lowest BCUT2D eigenvalue weighted by atomic mass is 10.2. The maximum Gasteiger partial charge on any atom is 0.00858 e. The Kier molecular flexibility index (Phi) is 9.54. The summed E-state index contributed by atoms with van der Waals surface area (Å²) in [5.74, 6) is 2.47. The molecule has 0 unspecified atom stereocenters. The average molecular weight is 296 g/mol. The molecule has 2 heteroatoms. The van der Waals surface area contributed by atoms with Crippen molar-refractivity contribution in [3.05, 3.63) is 30.7 Å². The maximum absolute atomic E-state index is 4.10. The summed E-state index contributed by atoms with van der Waals surface area (Å²) in [5.41, 5.74) is 1.15. The normalized spacial score (nSPS) is 10.9. The third kappa shape index (κ3) is 7.94. The highest BCUT2D eigenvalue weighted by Crippen LogP contribution is 2.28. The van der Waals surface area contributed by atoms with Crippen molar-refractivity contribution in [1.29, 1.82) is 0 Å². The predicted molar refractivity (Wildman–Crippen MR) is 91.4 cm³/mol. The van der Waals surface area contributed by atoms with E-state index >= 15 is 0 Å². The van der Waals surface area contributed by atoms with Crippen LogP contribution in [0.3, 0.4) is 0 Å². The predicted octanol–water partition coefficient (Wildman–Crippen LogP) is 6.43. The van der Waals surface area contributed by atoms with Crippen LogP contribution in [0.5, 0.6) is 0 Å². The zero-order valence-electron chi connectivity index (χ0n) is 12.4. The van der Waals surface area contributed by atoms with Crippen LogP contribution < -0.4 is 0 Å². The molecular formula is C17H27S2. The summed E-state index contributed by atoms with van der Waals surface area (Å²) in [6.45, 7) is 8.62. The van der Waals surface area contributed by atoms with Gasteiger partial charge in [-0.15, -0.1) is 23.5 Å². The lowest BCUT2D eigenvalue weighted by Gasteiger charge is -2.07. The second-order valence-corrected chi connectivity index (χ2v) is 7.26. The minimum absolute atomic E-state index is 1.15. The molecule has 0 nitrogen and oxygen atoms in total. The molecule has 0 N–H and O–H groups in total. The van der Waals surface area contributed by atoms with Gasteiger partial charge in [-0.2, -0.15) is 0 Å². The monoisotopic (exact) mass is 295 g/mol. The van der Waals surface area contributed by atoms with Crippen molar-refractivity contribution in [2.45, 2.75) is 62.2 Å². The Morgan fingerprint density at radius 1 is 0.789 bits per heavy atom. The van der Waals surface area contributed by atoms with Gasteiger partial charge in [0, 0.05) is 9.79 Å². The third-order valence-corrected chi connectivity index (χ3v) is 5.10. The molecular weight excluding hydrogens is 268 g/mol. The Morgan fingerprint density at radius 2 is 1.26 bits per heavy atom. The molecule has 0 bridgehead atoms. The van der Waals surface area contributed by atoms with E-state index < -0.39 is 0 Å². The fourth-order valence-corrected chi connectivity index (χ4v) is 4.01. The zero-order chi connectivity index (χ0) is 13.9. The molecule has 107 valence electrons. The Labute approximate surface area is 128 Å². The van der Waals surface area contributed by atoms with Gasteiger partial charge in [0.2, 0.25) is 0 Å². The summed E-state index contributed by atoms with van der Waals surface area (Å²) in [6, 6.07) is 6.77. The summed E-state index contributed by atoms with van der Waals surface area (Å²) in [6.07, 6.45) is 7.93. The number of thioether (sulfide) groups is 2. The largest absolute Gasteiger partial charge is 0.126 e. The van der Waals surface area contributed by atoms with Crippen molar-refractivity contribution < 1.29 is 0 Å². The van der Waals surface area contributed by atoms with Crippen molar-refractivity contribution in [2.75, 3.05) is 11.5 Å². The fraction of sp³-hybridized carbons (Fsp3) is 0.588. The summed E-state index contributed by atoms with van der Waals surface area (Å²) in [7, 11) is 0.